The molecule has 0 saturated heterocycles. The standard InChI is InChI=1S/C15H19N3O3/c1-16-15(19)12-6-7-13(14(10-12)18(20)21)17-9-8-11-4-2-3-5-11/h4,6-7,10,17H,2-3,5,8-9H2,1H3,(H,16,19). The molecular formula is C15H19N3O3. The van der Waals surface area contributed by atoms with Crippen LogP contribution in [0.3, 0.4) is 0 Å². The number of hydrogen-bond donors (Lipinski definition) is 2. The van der Waals surface area contributed by atoms with E-state index in [-0.39, 0.29) is 17.2 Å². The van der Waals surface area contributed by atoms with Crippen LogP contribution < -0.4 is 10.6 Å². The Hall–Kier alpha value is -2.37. The highest BCUT2D eigenvalue weighted by atomic mass is 16.6. The summed E-state index contributed by atoms with van der Waals surface area (Å²) in [6, 6.07) is 4.48. The second kappa shape index (κ2) is 6.88. The molecule has 112 valence electrons. The molecule has 0 spiro atoms. The Morgan fingerprint density at radius 2 is 2.24 bits per heavy atom. The number of nitrogens with one attached hydrogen (secondary N) is 2. The summed E-state index contributed by atoms with van der Waals surface area (Å²) in [7, 11) is 1.50. The summed E-state index contributed by atoms with van der Waals surface area (Å²) in [6.45, 7) is 0.659. The monoisotopic (exact) mass is 289 g/mol. The average Bonchev–Trinajstić information content (AvgIpc) is 2.99. The Bertz CT molecular complexity index is 582. The number of allylic oxidation sites excluding steroid dienone is 1. The van der Waals surface area contributed by atoms with Gasteiger partial charge in [-0.2, -0.15) is 0 Å². The molecule has 0 aliphatic heterocycles. The van der Waals surface area contributed by atoms with Gasteiger partial charge in [0.1, 0.15) is 5.69 Å². The van der Waals surface area contributed by atoms with Crippen molar-refractivity contribution in [3.63, 3.8) is 0 Å². The number of anilines is 1. The summed E-state index contributed by atoms with van der Waals surface area (Å²) < 4.78 is 0. The molecule has 21 heavy (non-hydrogen) atoms. The van der Waals surface area contributed by atoms with Crippen LogP contribution in [0, 0.1) is 10.1 Å². The first-order valence-electron chi connectivity index (χ1n) is 7.04. The van der Waals surface area contributed by atoms with Crippen molar-refractivity contribution in [3.05, 3.63) is 45.5 Å². The Morgan fingerprint density at radius 1 is 1.43 bits per heavy atom. The maximum atomic E-state index is 11.5. The number of carbonyl (C=O) groups excluding carboxylic acids is 1. The lowest BCUT2D eigenvalue weighted by Gasteiger charge is -2.09. The third-order valence-corrected chi connectivity index (χ3v) is 3.58. The molecule has 1 aromatic rings. The minimum absolute atomic E-state index is 0.0727. The van der Waals surface area contributed by atoms with Crippen molar-refractivity contribution >= 4 is 17.3 Å². The van der Waals surface area contributed by atoms with Crippen LogP contribution in [0.15, 0.2) is 29.8 Å². The first-order chi connectivity index (χ1) is 10.1. The highest BCUT2D eigenvalue weighted by Crippen LogP contribution is 2.26. The third-order valence-electron chi connectivity index (χ3n) is 3.58. The van der Waals surface area contributed by atoms with Crippen molar-refractivity contribution in [3.8, 4) is 0 Å². The molecule has 0 radical (unpaired) electrons. The van der Waals surface area contributed by atoms with Gasteiger partial charge < -0.3 is 10.6 Å². The van der Waals surface area contributed by atoms with Gasteiger partial charge in [-0.1, -0.05) is 11.6 Å². The Labute approximate surface area is 123 Å². The van der Waals surface area contributed by atoms with Crippen LogP contribution in [-0.2, 0) is 0 Å². The number of hydrogen-bond acceptors (Lipinski definition) is 4. The molecule has 1 amide bonds. The largest absolute Gasteiger partial charge is 0.379 e. The summed E-state index contributed by atoms with van der Waals surface area (Å²) >= 11 is 0. The van der Waals surface area contributed by atoms with Gasteiger partial charge >= 0.3 is 0 Å². The fourth-order valence-corrected chi connectivity index (χ4v) is 2.44. The number of nitro benzene ring substituents is 1. The molecule has 1 aliphatic carbocycles. The van der Waals surface area contributed by atoms with Crippen molar-refractivity contribution in [1.29, 1.82) is 0 Å². The van der Waals surface area contributed by atoms with Crippen molar-refractivity contribution in [2.45, 2.75) is 25.7 Å². The fourth-order valence-electron chi connectivity index (χ4n) is 2.44. The van der Waals surface area contributed by atoms with Gasteiger partial charge in [0, 0.05) is 25.2 Å². The topological polar surface area (TPSA) is 84.3 Å². The molecule has 0 atom stereocenters. The zero-order chi connectivity index (χ0) is 15.2. The quantitative estimate of drug-likeness (QED) is 0.479. The minimum Gasteiger partial charge on any atom is -0.379 e. The molecule has 0 fully saturated rings. The van der Waals surface area contributed by atoms with Crippen molar-refractivity contribution in [2.75, 3.05) is 18.9 Å². The van der Waals surface area contributed by atoms with Gasteiger partial charge in [-0.3, -0.25) is 14.9 Å². The Morgan fingerprint density at radius 3 is 2.86 bits per heavy atom. The molecule has 2 rings (SSSR count). The molecule has 0 unspecified atom stereocenters. The Kier molecular flexibility index (Phi) is 4.92. The van der Waals surface area contributed by atoms with Crippen molar-refractivity contribution in [1.82, 2.24) is 5.32 Å². The number of amides is 1. The van der Waals surface area contributed by atoms with E-state index < -0.39 is 4.92 Å². The predicted octanol–water partition coefficient (Wildman–Crippen LogP) is 2.87. The predicted molar refractivity (Wildman–Crippen MR) is 81.5 cm³/mol. The van der Waals surface area contributed by atoms with E-state index in [1.165, 1.54) is 25.1 Å². The smallest absolute Gasteiger partial charge is 0.293 e. The maximum Gasteiger partial charge on any atom is 0.293 e. The van der Waals surface area contributed by atoms with Gasteiger partial charge in [0.25, 0.3) is 11.6 Å². The van der Waals surface area contributed by atoms with E-state index in [1.807, 2.05) is 0 Å². The first-order valence-corrected chi connectivity index (χ1v) is 7.04. The van der Waals surface area contributed by atoms with Gasteiger partial charge in [0.05, 0.1) is 4.92 Å². The van der Waals surface area contributed by atoms with Gasteiger partial charge in [0.15, 0.2) is 0 Å². The van der Waals surface area contributed by atoms with Crippen LogP contribution in [-0.4, -0.2) is 24.4 Å². The van der Waals surface area contributed by atoms with E-state index in [9.17, 15) is 14.9 Å². The van der Waals surface area contributed by atoms with E-state index in [1.54, 1.807) is 12.1 Å². The van der Waals surface area contributed by atoms with Gasteiger partial charge in [-0.15, -0.1) is 0 Å². The number of carbonyl (C=O) groups is 1. The number of rotatable bonds is 6. The van der Waals surface area contributed by atoms with Crippen LogP contribution in [0.5, 0.6) is 0 Å². The lowest BCUT2D eigenvalue weighted by molar-refractivity contribution is -0.384. The molecule has 0 saturated carbocycles. The van der Waals surface area contributed by atoms with Crippen LogP contribution in [0.2, 0.25) is 0 Å². The lowest BCUT2D eigenvalue weighted by atomic mass is 10.1. The highest BCUT2D eigenvalue weighted by Gasteiger charge is 2.17. The molecule has 2 N–H and O–H groups in total. The van der Waals surface area contributed by atoms with E-state index in [0.717, 1.165) is 19.3 Å². The molecule has 1 aromatic carbocycles. The SMILES string of the molecule is CNC(=O)c1ccc(NCCC2=CCCC2)c([N+](=O)[O-])c1. The summed E-state index contributed by atoms with van der Waals surface area (Å²) in [6.07, 6.45) is 6.60. The lowest BCUT2D eigenvalue weighted by Crippen LogP contribution is -2.18. The van der Waals surface area contributed by atoms with Crippen LogP contribution in [0.1, 0.15) is 36.0 Å². The fraction of sp³-hybridized carbons (Fsp3) is 0.400. The van der Waals surface area contributed by atoms with E-state index in [0.29, 0.717) is 12.2 Å². The highest BCUT2D eigenvalue weighted by molar-refractivity contribution is 5.95. The summed E-state index contributed by atoms with van der Waals surface area (Å²) in [5, 5.41) is 16.7. The van der Waals surface area contributed by atoms with Gasteiger partial charge in [-0.05, 0) is 37.8 Å². The first kappa shape index (κ1) is 15.0. The van der Waals surface area contributed by atoms with E-state index in [2.05, 4.69) is 16.7 Å². The molecule has 0 aromatic heterocycles. The zero-order valence-electron chi connectivity index (χ0n) is 12.0. The number of benzene rings is 1. The van der Waals surface area contributed by atoms with Crippen molar-refractivity contribution < 1.29 is 9.72 Å². The average molecular weight is 289 g/mol. The summed E-state index contributed by atoms with van der Waals surface area (Å²) in [4.78, 5) is 22.2. The molecule has 6 nitrogen and oxygen atoms in total. The number of nitrogens with zero attached hydrogens (tertiary/aromatic N) is 1. The van der Waals surface area contributed by atoms with Crippen LogP contribution in [0.4, 0.5) is 11.4 Å². The second-order valence-electron chi connectivity index (χ2n) is 5.00. The van der Waals surface area contributed by atoms with Gasteiger partial charge in [-0.25, -0.2) is 0 Å². The van der Waals surface area contributed by atoms with E-state index >= 15 is 0 Å². The zero-order valence-corrected chi connectivity index (χ0v) is 12.0. The summed E-state index contributed by atoms with van der Waals surface area (Å²) in [5.41, 5.74) is 2.07. The molecule has 0 heterocycles. The van der Waals surface area contributed by atoms with Crippen molar-refractivity contribution in [2.24, 2.45) is 0 Å². The van der Waals surface area contributed by atoms with Crippen LogP contribution in [0.25, 0.3) is 0 Å². The molecule has 0 bridgehead atoms. The third kappa shape index (κ3) is 3.81. The molecule has 6 heteroatoms. The molecular weight excluding hydrogens is 270 g/mol. The van der Waals surface area contributed by atoms with Crippen LogP contribution >= 0.6 is 0 Å². The normalized spacial score (nSPS) is 13.7. The second-order valence-corrected chi connectivity index (χ2v) is 5.00. The van der Waals surface area contributed by atoms with Gasteiger partial charge in [0.2, 0.25) is 0 Å². The number of nitro groups is 1. The maximum absolute atomic E-state index is 11.5. The van der Waals surface area contributed by atoms with E-state index in [4.69, 9.17) is 0 Å². The summed E-state index contributed by atoms with van der Waals surface area (Å²) in [5.74, 6) is -0.333. The minimum atomic E-state index is -0.469. The molecule has 1 aliphatic rings. The Balaban J connectivity index is 2.07.